The van der Waals surface area contributed by atoms with Gasteiger partial charge in [-0.05, 0) is 71.8 Å². The van der Waals surface area contributed by atoms with Gasteiger partial charge in [-0.15, -0.1) is 0 Å². The van der Waals surface area contributed by atoms with E-state index in [4.69, 9.17) is 10.5 Å². The van der Waals surface area contributed by atoms with Crippen molar-refractivity contribution in [1.29, 1.82) is 10.5 Å². The van der Waals surface area contributed by atoms with E-state index in [0.29, 0.717) is 27.9 Å². The van der Waals surface area contributed by atoms with E-state index in [-0.39, 0.29) is 40.8 Å². The standard InChI is InChI=1S/C29H22N4O4S/c1-20(34)32-27-10-12-28(13-11-27)38(36,37)33-18-25(14-21-2-6-23(16-30)7-3-21)29(35)26(19-33)15-22-4-8-24(17-31)9-5-22/h2-15H,18-19H2,1H3,(H,32,34)/b25-14+,26-15+. The predicted octanol–water partition coefficient (Wildman–Crippen LogP) is 4.13. The molecule has 0 atom stereocenters. The van der Waals surface area contributed by atoms with Crippen LogP contribution < -0.4 is 5.32 Å². The Bertz CT molecular complexity index is 1560. The molecule has 1 amide bonds. The second-order valence-electron chi connectivity index (χ2n) is 8.61. The molecule has 38 heavy (non-hydrogen) atoms. The minimum atomic E-state index is -4.00. The minimum absolute atomic E-state index is 0.0244. The molecular formula is C29H22N4O4S. The van der Waals surface area contributed by atoms with Gasteiger partial charge in [0, 0.05) is 36.8 Å². The van der Waals surface area contributed by atoms with Crippen molar-refractivity contribution in [3.8, 4) is 12.1 Å². The van der Waals surface area contributed by atoms with E-state index >= 15 is 0 Å². The Morgan fingerprint density at radius 3 is 1.66 bits per heavy atom. The number of ketones is 1. The first kappa shape index (κ1) is 26.2. The molecule has 1 heterocycles. The van der Waals surface area contributed by atoms with Gasteiger partial charge < -0.3 is 5.32 Å². The maximum atomic E-state index is 13.6. The van der Waals surface area contributed by atoms with Gasteiger partial charge >= 0.3 is 0 Å². The zero-order chi connectivity index (χ0) is 27.3. The number of hydrogen-bond donors (Lipinski definition) is 1. The number of rotatable bonds is 5. The number of nitrogens with zero attached hydrogens (tertiary/aromatic N) is 3. The maximum absolute atomic E-state index is 13.6. The number of benzene rings is 3. The van der Waals surface area contributed by atoms with Crippen molar-refractivity contribution in [3.63, 3.8) is 0 Å². The minimum Gasteiger partial charge on any atom is -0.326 e. The van der Waals surface area contributed by atoms with Crippen LogP contribution in [0.5, 0.6) is 0 Å². The largest absolute Gasteiger partial charge is 0.326 e. The summed E-state index contributed by atoms with van der Waals surface area (Å²) in [6.45, 7) is 1.08. The van der Waals surface area contributed by atoms with Gasteiger partial charge in [-0.25, -0.2) is 8.42 Å². The highest BCUT2D eigenvalue weighted by atomic mass is 32.2. The number of piperidine rings is 1. The fraction of sp³-hybridized carbons (Fsp3) is 0.103. The second kappa shape index (κ2) is 11.1. The SMILES string of the molecule is CC(=O)Nc1ccc(S(=O)(=O)N2C/C(=C\c3ccc(C#N)cc3)C(=O)/C(=C/c3ccc(C#N)cc3)C2)cc1. The fourth-order valence-corrected chi connectivity index (χ4v) is 5.35. The van der Waals surface area contributed by atoms with E-state index in [0.717, 1.165) is 0 Å². The maximum Gasteiger partial charge on any atom is 0.243 e. The number of carbonyl (C=O) groups is 2. The molecule has 1 fully saturated rings. The summed E-state index contributed by atoms with van der Waals surface area (Å²) in [6.07, 6.45) is 3.25. The van der Waals surface area contributed by atoms with Crippen molar-refractivity contribution < 1.29 is 18.0 Å². The molecule has 3 aromatic rings. The molecule has 0 aliphatic carbocycles. The Hall–Kier alpha value is -4.83. The Labute approximate surface area is 220 Å². The molecule has 0 aromatic heterocycles. The Kier molecular flexibility index (Phi) is 7.63. The van der Waals surface area contributed by atoms with Gasteiger partial charge in [-0.1, -0.05) is 24.3 Å². The monoisotopic (exact) mass is 522 g/mol. The van der Waals surface area contributed by atoms with Crippen LogP contribution >= 0.6 is 0 Å². The zero-order valence-corrected chi connectivity index (χ0v) is 21.2. The van der Waals surface area contributed by atoms with Crippen molar-refractivity contribution in [2.24, 2.45) is 0 Å². The van der Waals surface area contributed by atoms with Gasteiger partial charge in [0.25, 0.3) is 0 Å². The van der Waals surface area contributed by atoms with E-state index in [1.54, 1.807) is 60.7 Å². The van der Waals surface area contributed by atoms with Crippen LogP contribution in [0.4, 0.5) is 5.69 Å². The molecule has 9 heteroatoms. The third kappa shape index (κ3) is 5.93. The number of anilines is 1. The molecule has 4 rings (SSSR count). The van der Waals surface area contributed by atoms with Crippen LogP contribution in [0.1, 0.15) is 29.2 Å². The summed E-state index contributed by atoms with van der Waals surface area (Å²) >= 11 is 0. The number of nitrogens with one attached hydrogen (secondary N) is 1. The van der Waals surface area contributed by atoms with Crippen LogP contribution in [0.2, 0.25) is 0 Å². The van der Waals surface area contributed by atoms with Crippen LogP contribution in [0, 0.1) is 22.7 Å². The highest BCUT2D eigenvalue weighted by molar-refractivity contribution is 7.89. The lowest BCUT2D eigenvalue weighted by atomic mass is 9.95. The summed E-state index contributed by atoms with van der Waals surface area (Å²) in [5.41, 5.74) is 3.27. The van der Waals surface area contributed by atoms with E-state index in [1.807, 2.05) is 12.1 Å². The molecule has 1 aliphatic rings. The van der Waals surface area contributed by atoms with Crippen molar-refractivity contribution in [1.82, 2.24) is 4.31 Å². The fourth-order valence-electron chi connectivity index (χ4n) is 3.95. The number of sulfonamides is 1. The predicted molar refractivity (Wildman–Crippen MR) is 143 cm³/mol. The molecule has 8 nitrogen and oxygen atoms in total. The molecule has 3 aromatic carbocycles. The third-order valence-electron chi connectivity index (χ3n) is 5.85. The average molecular weight is 523 g/mol. The topological polar surface area (TPSA) is 131 Å². The Balaban J connectivity index is 1.73. The van der Waals surface area contributed by atoms with Crippen molar-refractivity contribution >= 4 is 39.6 Å². The van der Waals surface area contributed by atoms with Crippen molar-refractivity contribution in [2.75, 3.05) is 18.4 Å². The summed E-state index contributed by atoms with van der Waals surface area (Å²) in [7, 11) is -4.00. The Morgan fingerprint density at radius 2 is 1.26 bits per heavy atom. The van der Waals surface area contributed by atoms with Gasteiger partial charge in [0.2, 0.25) is 15.9 Å². The van der Waals surface area contributed by atoms with Crippen LogP contribution in [0.3, 0.4) is 0 Å². The van der Waals surface area contributed by atoms with Gasteiger partial charge in [-0.3, -0.25) is 9.59 Å². The first-order valence-corrected chi connectivity index (χ1v) is 13.0. The molecule has 1 aliphatic heterocycles. The quantitative estimate of drug-likeness (QED) is 0.501. The van der Waals surface area contributed by atoms with Crippen LogP contribution in [0.25, 0.3) is 12.2 Å². The number of amides is 1. The number of Topliss-reactive ketones (excluding diaryl/α,β-unsaturated/α-hetero) is 1. The molecule has 1 saturated heterocycles. The summed E-state index contributed by atoms with van der Waals surface area (Å²) < 4.78 is 28.4. The number of nitriles is 2. The normalized spacial score (nSPS) is 16.1. The van der Waals surface area contributed by atoms with Gasteiger partial charge in [-0.2, -0.15) is 14.8 Å². The third-order valence-corrected chi connectivity index (χ3v) is 7.66. The smallest absolute Gasteiger partial charge is 0.243 e. The second-order valence-corrected chi connectivity index (χ2v) is 10.6. The summed E-state index contributed by atoms with van der Waals surface area (Å²) in [5.74, 6) is -0.559. The molecule has 0 spiro atoms. The van der Waals surface area contributed by atoms with Crippen LogP contribution in [-0.4, -0.2) is 37.5 Å². The van der Waals surface area contributed by atoms with Crippen LogP contribution in [0.15, 0.2) is 88.8 Å². The molecule has 0 bridgehead atoms. The van der Waals surface area contributed by atoms with E-state index in [9.17, 15) is 18.0 Å². The lowest BCUT2D eigenvalue weighted by Gasteiger charge is -2.29. The lowest BCUT2D eigenvalue weighted by molar-refractivity contribution is -0.114. The summed E-state index contributed by atoms with van der Waals surface area (Å²) in [6, 6.07) is 23.2. The molecule has 1 N–H and O–H groups in total. The molecule has 188 valence electrons. The number of hydrogen-bond acceptors (Lipinski definition) is 6. The first-order chi connectivity index (χ1) is 18.2. The van der Waals surface area contributed by atoms with Gasteiger partial charge in [0.1, 0.15) is 0 Å². The van der Waals surface area contributed by atoms with Crippen molar-refractivity contribution in [3.05, 3.63) is 106 Å². The average Bonchev–Trinajstić information content (AvgIpc) is 2.91. The van der Waals surface area contributed by atoms with E-state index < -0.39 is 10.0 Å². The highest BCUT2D eigenvalue weighted by Gasteiger charge is 2.34. The lowest BCUT2D eigenvalue weighted by Crippen LogP contribution is -2.41. The molecule has 0 radical (unpaired) electrons. The van der Waals surface area contributed by atoms with Crippen molar-refractivity contribution in [2.45, 2.75) is 11.8 Å². The molecule has 0 saturated carbocycles. The van der Waals surface area contributed by atoms with E-state index in [1.165, 1.54) is 35.5 Å². The van der Waals surface area contributed by atoms with Gasteiger partial charge in [0.05, 0.1) is 28.2 Å². The van der Waals surface area contributed by atoms with Gasteiger partial charge in [0.15, 0.2) is 5.78 Å². The highest BCUT2D eigenvalue weighted by Crippen LogP contribution is 2.28. The molecular weight excluding hydrogens is 500 g/mol. The summed E-state index contributed by atoms with van der Waals surface area (Å²) in [4.78, 5) is 24.8. The first-order valence-electron chi connectivity index (χ1n) is 11.5. The van der Waals surface area contributed by atoms with Crippen LogP contribution in [-0.2, 0) is 19.6 Å². The molecule has 0 unspecified atom stereocenters. The Morgan fingerprint density at radius 1 is 0.816 bits per heavy atom. The summed E-state index contributed by atoms with van der Waals surface area (Å²) in [5, 5.41) is 20.7. The van der Waals surface area contributed by atoms with E-state index in [2.05, 4.69) is 5.32 Å². The zero-order valence-electron chi connectivity index (χ0n) is 20.4. The number of carbonyl (C=O) groups excluding carboxylic acids is 2.